The minimum absolute atomic E-state index is 0.0282. The molecule has 0 aromatic heterocycles. The third-order valence-electron chi connectivity index (χ3n) is 4.59. The molecule has 28 heavy (non-hydrogen) atoms. The molecule has 2 rings (SSSR count). The SMILES string of the molecule is CCN(CC)C(CNC(=O)COc1ccccc1C#N)c1cccc(OC)c1. The second kappa shape index (κ2) is 11.0. The predicted octanol–water partition coefficient (Wildman–Crippen LogP) is 3.14. The van der Waals surface area contributed by atoms with Crippen molar-refractivity contribution < 1.29 is 14.3 Å². The highest BCUT2D eigenvalue weighted by molar-refractivity contribution is 5.77. The van der Waals surface area contributed by atoms with Crippen molar-refractivity contribution in [2.24, 2.45) is 0 Å². The van der Waals surface area contributed by atoms with Gasteiger partial charge in [0.1, 0.15) is 17.6 Å². The number of carbonyl (C=O) groups is 1. The van der Waals surface area contributed by atoms with Crippen molar-refractivity contribution in [3.8, 4) is 17.6 Å². The van der Waals surface area contributed by atoms with Gasteiger partial charge < -0.3 is 14.8 Å². The van der Waals surface area contributed by atoms with Gasteiger partial charge in [0.05, 0.1) is 18.7 Å². The van der Waals surface area contributed by atoms with Crippen LogP contribution in [0.15, 0.2) is 48.5 Å². The Labute approximate surface area is 166 Å². The lowest BCUT2D eigenvalue weighted by Gasteiger charge is -2.30. The van der Waals surface area contributed by atoms with Crippen molar-refractivity contribution in [1.29, 1.82) is 5.26 Å². The van der Waals surface area contributed by atoms with Crippen LogP contribution in [0.2, 0.25) is 0 Å². The summed E-state index contributed by atoms with van der Waals surface area (Å²) < 4.78 is 10.8. The van der Waals surface area contributed by atoms with Gasteiger partial charge in [0.15, 0.2) is 6.61 Å². The Hall–Kier alpha value is -3.04. The Balaban J connectivity index is 2.02. The third-order valence-corrected chi connectivity index (χ3v) is 4.59. The van der Waals surface area contributed by atoms with Crippen LogP contribution in [0.1, 0.15) is 31.0 Å². The number of para-hydroxylation sites is 1. The predicted molar refractivity (Wildman–Crippen MR) is 108 cm³/mol. The van der Waals surface area contributed by atoms with E-state index in [9.17, 15) is 4.79 Å². The van der Waals surface area contributed by atoms with Crippen molar-refractivity contribution in [2.45, 2.75) is 19.9 Å². The van der Waals surface area contributed by atoms with Crippen molar-refractivity contribution in [2.75, 3.05) is 33.4 Å². The summed E-state index contributed by atoms with van der Waals surface area (Å²) in [5.41, 5.74) is 1.49. The molecule has 0 radical (unpaired) electrons. The fourth-order valence-corrected chi connectivity index (χ4v) is 3.06. The quantitative estimate of drug-likeness (QED) is 0.684. The van der Waals surface area contributed by atoms with Gasteiger partial charge >= 0.3 is 0 Å². The van der Waals surface area contributed by atoms with E-state index in [2.05, 4.69) is 30.1 Å². The Morgan fingerprint density at radius 2 is 1.93 bits per heavy atom. The average molecular weight is 381 g/mol. The van der Waals surface area contributed by atoms with E-state index in [0.29, 0.717) is 17.9 Å². The number of hydrogen-bond acceptors (Lipinski definition) is 5. The molecule has 0 fully saturated rings. The fourth-order valence-electron chi connectivity index (χ4n) is 3.06. The maximum atomic E-state index is 12.3. The smallest absolute Gasteiger partial charge is 0.258 e. The maximum Gasteiger partial charge on any atom is 0.258 e. The zero-order valence-electron chi connectivity index (χ0n) is 16.6. The molecule has 1 amide bonds. The molecule has 0 aliphatic rings. The van der Waals surface area contributed by atoms with E-state index in [1.54, 1.807) is 31.4 Å². The highest BCUT2D eigenvalue weighted by Gasteiger charge is 2.19. The van der Waals surface area contributed by atoms with E-state index in [-0.39, 0.29) is 18.6 Å². The van der Waals surface area contributed by atoms with E-state index in [0.717, 1.165) is 24.4 Å². The van der Waals surface area contributed by atoms with Crippen LogP contribution in [0.3, 0.4) is 0 Å². The van der Waals surface area contributed by atoms with Gasteiger partial charge in [-0.2, -0.15) is 5.26 Å². The van der Waals surface area contributed by atoms with Crippen LogP contribution in [0, 0.1) is 11.3 Å². The molecule has 0 saturated carbocycles. The van der Waals surface area contributed by atoms with Crippen LogP contribution in [-0.4, -0.2) is 44.2 Å². The van der Waals surface area contributed by atoms with E-state index in [1.807, 2.05) is 24.3 Å². The van der Waals surface area contributed by atoms with Gasteiger partial charge in [-0.1, -0.05) is 38.1 Å². The molecule has 0 aliphatic carbocycles. The second-order valence-corrected chi connectivity index (χ2v) is 6.21. The third kappa shape index (κ3) is 5.73. The second-order valence-electron chi connectivity index (χ2n) is 6.21. The van der Waals surface area contributed by atoms with Gasteiger partial charge in [-0.3, -0.25) is 9.69 Å². The van der Waals surface area contributed by atoms with Gasteiger partial charge in [-0.05, 0) is 42.9 Å². The molecule has 1 N–H and O–H groups in total. The van der Waals surface area contributed by atoms with Crippen LogP contribution < -0.4 is 14.8 Å². The Morgan fingerprint density at radius 3 is 2.61 bits per heavy atom. The normalized spacial score (nSPS) is 11.5. The lowest BCUT2D eigenvalue weighted by molar-refractivity contribution is -0.123. The van der Waals surface area contributed by atoms with E-state index in [4.69, 9.17) is 14.7 Å². The summed E-state index contributed by atoms with van der Waals surface area (Å²) in [4.78, 5) is 14.6. The first-order valence-corrected chi connectivity index (χ1v) is 9.39. The molecular formula is C22H27N3O3. The highest BCUT2D eigenvalue weighted by Crippen LogP contribution is 2.24. The molecule has 2 aromatic carbocycles. The van der Waals surface area contributed by atoms with Crippen molar-refractivity contribution >= 4 is 5.91 Å². The number of nitriles is 1. The lowest BCUT2D eigenvalue weighted by Crippen LogP contribution is -2.39. The van der Waals surface area contributed by atoms with Crippen LogP contribution in [-0.2, 0) is 4.79 Å². The lowest BCUT2D eigenvalue weighted by atomic mass is 10.0. The van der Waals surface area contributed by atoms with Gasteiger partial charge in [0.2, 0.25) is 0 Å². The standard InChI is InChI=1S/C22H27N3O3/c1-4-25(5-2)20(17-10-8-11-19(13-17)27-3)15-24-22(26)16-28-21-12-7-6-9-18(21)14-23/h6-13,20H,4-5,15-16H2,1-3H3,(H,24,26). The number of carbonyl (C=O) groups excluding carboxylic acids is 1. The van der Waals surface area contributed by atoms with Crippen molar-refractivity contribution in [3.63, 3.8) is 0 Å². The molecule has 1 unspecified atom stereocenters. The minimum Gasteiger partial charge on any atom is -0.497 e. The topological polar surface area (TPSA) is 74.6 Å². The number of amides is 1. The van der Waals surface area contributed by atoms with Crippen LogP contribution in [0.4, 0.5) is 0 Å². The summed E-state index contributed by atoms with van der Waals surface area (Å²) in [7, 11) is 1.64. The fraction of sp³-hybridized carbons (Fsp3) is 0.364. The zero-order chi connectivity index (χ0) is 20.4. The van der Waals surface area contributed by atoms with E-state index < -0.39 is 0 Å². The number of rotatable bonds is 10. The van der Waals surface area contributed by atoms with Gasteiger partial charge in [0.25, 0.3) is 5.91 Å². The van der Waals surface area contributed by atoms with E-state index in [1.165, 1.54) is 0 Å². The van der Waals surface area contributed by atoms with Crippen molar-refractivity contribution in [1.82, 2.24) is 10.2 Å². The number of nitrogens with one attached hydrogen (secondary N) is 1. The van der Waals surface area contributed by atoms with Gasteiger partial charge in [-0.15, -0.1) is 0 Å². The number of nitrogens with zero attached hydrogens (tertiary/aromatic N) is 2. The summed E-state index contributed by atoms with van der Waals surface area (Å²) in [5, 5.41) is 12.0. The Bertz CT molecular complexity index is 813. The molecule has 148 valence electrons. The Kier molecular flexibility index (Phi) is 8.32. The molecule has 1 atom stereocenters. The monoisotopic (exact) mass is 381 g/mol. The number of benzene rings is 2. The number of methoxy groups -OCH3 is 1. The maximum absolute atomic E-state index is 12.3. The first kappa shape index (κ1) is 21.3. The highest BCUT2D eigenvalue weighted by atomic mass is 16.5. The molecule has 6 nitrogen and oxygen atoms in total. The average Bonchev–Trinajstić information content (AvgIpc) is 2.75. The molecular weight excluding hydrogens is 354 g/mol. The molecule has 0 bridgehead atoms. The summed E-state index contributed by atoms with van der Waals surface area (Å²) in [6.45, 7) is 6.24. The first-order chi connectivity index (χ1) is 13.6. The molecule has 0 saturated heterocycles. The van der Waals surface area contributed by atoms with Crippen molar-refractivity contribution in [3.05, 3.63) is 59.7 Å². The summed E-state index contributed by atoms with van der Waals surface area (Å²) in [6, 6.07) is 16.8. The zero-order valence-corrected chi connectivity index (χ0v) is 16.6. The molecule has 0 spiro atoms. The summed E-state index contributed by atoms with van der Waals surface area (Å²) in [6.07, 6.45) is 0. The number of likely N-dealkylation sites (N-methyl/N-ethyl adjacent to an activating group) is 1. The van der Waals surface area contributed by atoms with E-state index >= 15 is 0 Å². The van der Waals surface area contributed by atoms with Crippen LogP contribution >= 0.6 is 0 Å². The number of hydrogen-bond donors (Lipinski definition) is 1. The minimum atomic E-state index is -0.229. The summed E-state index contributed by atoms with van der Waals surface area (Å²) in [5.74, 6) is 0.971. The summed E-state index contributed by atoms with van der Waals surface area (Å²) >= 11 is 0. The van der Waals surface area contributed by atoms with Gasteiger partial charge in [0, 0.05) is 6.54 Å². The largest absolute Gasteiger partial charge is 0.497 e. The first-order valence-electron chi connectivity index (χ1n) is 9.39. The molecule has 2 aromatic rings. The number of ether oxygens (including phenoxy) is 2. The van der Waals surface area contributed by atoms with Crippen LogP contribution in [0.5, 0.6) is 11.5 Å². The van der Waals surface area contributed by atoms with Crippen LogP contribution in [0.25, 0.3) is 0 Å². The van der Waals surface area contributed by atoms with Gasteiger partial charge in [-0.25, -0.2) is 0 Å². The molecule has 6 heteroatoms. The molecule has 0 heterocycles. The molecule has 0 aliphatic heterocycles. The Morgan fingerprint density at radius 1 is 1.18 bits per heavy atom.